The number of pyridine rings is 1. The Labute approximate surface area is 267 Å². The van der Waals surface area contributed by atoms with E-state index < -0.39 is 0 Å². The summed E-state index contributed by atoms with van der Waals surface area (Å²) in [6.07, 6.45) is 7.05. The molecule has 6 rings (SSSR count). The lowest BCUT2D eigenvalue weighted by Crippen LogP contribution is -2.51. The molecule has 1 saturated heterocycles. The third-order valence-corrected chi connectivity index (χ3v) is 9.63. The van der Waals surface area contributed by atoms with Gasteiger partial charge in [0.2, 0.25) is 5.91 Å². The van der Waals surface area contributed by atoms with Crippen LogP contribution in [0.1, 0.15) is 67.6 Å². The first-order chi connectivity index (χ1) is 21.9. The highest BCUT2D eigenvalue weighted by Gasteiger charge is 2.35. The summed E-state index contributed by atoms with van der Waals surface area (Å²) in [5.41, 5.74) is 2.71. The maximum Gasteiger partial charge on any atom is 0.331 e. The Kier molecular flexibility index (Phi) is 9.02. The highest BCUT2D eigenvalue weighted by molar-refractivity contribution is 7.21. The summed E-state index contributed by atoms with van der Waals surface area (Å²) < 4.78 is 5.99. The van der Waals surface area contributed by atoms with Crippen LogP contribution in [0, 0.1) is 12.8 Å². The Hall–Kier alpha value is -4.44. The van der Waals surface area contributed by atoms with Gasteiger partial charge in [-0.2, -0.15) is 0 Å². The van der Waals surface area contributed by atoms with E-state index >= 15 is 0 Å². The van der Waals surface area contributed by atoms with Crippen LogP contribution in [-0.2, 0) is 4.79 Å². The Morgan fingerprint density at radius 3 is 2.58 bits per heavy atom. The molecular formula is C35H39N5O4S. The number of carbonyl (C=O) groups is 3. The normalized spacial score (nSPS) is 16.2. The number of aromatic nitrogens is 1. The van der Waals surface area contributed by atoms with Gasteiger partial charge in [-0.25, -0.2) is 9.78 Å². The quantitative estimate of drug-likeness (QED) is 0.186. The van der Waals surface area contributed by atoms with Crippen molar-refractivity contribution in [1.82, 2.24) is 15.2 Å². The number of piperidine rings is 1. The van der Waals surface area contributed by atoms with E-state index in [1.165, 1.54) is 11.3 Å². The van der Waals surface area contributed by atoms with Gasteiger partial charge in [0.25, 0.3) is 5.91 Å². The predicted molar refractivity (Wildman–Crippen MR) is 179 cm³/mol. The molecule has 4 heterocycles. The number of rotatable bonds is 10. The molecule has 0 spiro atoms. The number of likely N-dealkylation sites (tertiary alicyclic amines) is 1. The Morgan fingerprint density at radius 2 is 1.84 bits per heavy atom. The zero-order valence-corrected chi connectivity index (χ0v) is 26.8. The lowest BCUT2D eigenvalue weighted by atomic mass is 9.95. The van der Waals surface area contributed by atoms with Crippen LogP contribution in [0.2, 0.25) is 0 Å². The standard InChI is InChI=1S/C35H39N5O4S/c1-4-10-23(11-5-2)34(42)39-19-9-12-24(21-39)37-32(41)31-30-29-28(17-18-36-33(29)45-31)40(35(43)38-30)27-16-15-26(20-22(27)3)44-25-13-7-6-8-14-25/h6-8,13-18,20,23-24H,4-5,9-12,19,21H2,1-3H3,(H,37,41)(H,38,43). The van der Waals surface area contributed by atoms with Crippen LogP contribution in [0.25, 0.3) is 10.2 Å². The molecule has 1 fully saturated rings. The zero-order valence-electron chi connectivity index (χ0n) is 26.0. The van der Waals surface area contributed by atoms with Crippen LogP contribution in [0.5, 0.6) is 11.5 Å². The molecule has 0 saturated carbocycles. The van der Waals surface area contributed by atoms with Gasteiger partial charge in [0, 0.05) is 31.2 Å². The van der Waals surface area contributed by atoms with Gasteiger partial charge in [-0.05, 0) is 74.6 Å². The summed E-state index contributed by atoms with van der Waals surface area (Å²) in [6, 6.07) is 16.5. The number of nitrogens with one attached hydrogen (secondary N) is 2. The first-order valence-corrected chi connectivity index (χ1v) is 16.6. The summed E-state index contributed by atoms with van der Waals surface area (Å²) >= 11 is 1.27. The Balaban J connectivity index is 1.23. The van der Waals surface area contributed by atoms with E-state index in [1.54, 1.807) is 17.2 Å². The van der Waals surface area contributed by atoms with E-state index in [4.69, 9.17) is 4.74 Å². The summed E-state index contributed by atoms with van der Waals surface area (Å²) in [6.45, 7) is 7.39. The van der Waals surface area contributed by atoms with E-state index in [9.17, 15) is 14.4 Å². The van der Waals surface area contributed by atoms with Gasteiger partial charge in [-0.15, -0.1) is 11.3 Å². The second-order valence-corrected chi connectivity index (χ2v) is 12.8. The number of carbonyl (C=O) groups excluding carboxylic acids is 3. The number of urea groups is 1. The number of para-hydroxylation sites is 1. The smallest absolute Gasteiger partial charge is 0.331 e. The molecule has 4 aromatic rings. The van der Waals surface area contributed by atoms with Crippen molar-refractivity contribution in [1.29, 1.82) is 0 Å². The van der Waals surface area contributed by atoms with Crippen LogP contribution in [-0.4, -0.2) is 46.9 Å². The number of thiophene rings is 1. The van der Waals surface area contributed by atoms with E-state index in [0.717, 1.165) is 61.8 Å². The fourth-order valence-electron chi connectivity index (χ4n) is 6.44. The van der Waals surface area contributed by atoms with Gasteiger partial charge >= 0.3 is 6.03 Å². The number of amides is 4. The largest absolute Gasteiger partial charge is 0.457 e. The molecule has 2 aliphatic heterocycles. The average molecular weight is 626 g/mol. The fraction of sp³-hybridized carbons (Fsp3) is 0.371. The lowest BCUT2D eigenvalue weighted by Gasteiger charge is -2.35. The molecule has 4 amide bonds. The van der Waals surface area contributed by atoms with Crippen LogP contribution >= 0.6 is 11.3 Å². The summed E-state index contributed by atoms with van der Waals surface area (Å²) in [4.78, 5) is 49.9. The van der Waals surface area contributed by atoms with Gasteiger partial charge in [0.1, 0.15) is 21.2 Å². The SMILES string of the molecule is CCCC(CCC)C(=O)N1CCCC(NC(=O)c2sc3nccc4c3c2NC(=O)N4c2ccc(Oc3ccccc3)cc2C)C1. The number of nitrogens with zero attached hydrogens (tertiary/aromatic N) is 3. The van der Waals surface area contributed by atoms with Crippen molar-refractivity contribution in [2.45, 2.75) is 65.3 Å². The van der Waals surface area contributed by atoms with Crippen molar-refractivity contribution in [3.05, 3.63) is 71.2 Å². The molecule has 10 heteroatoms. The molecule has 2 aromatic carbocycles. The number of aryl methyl sites for hydroxylation is 1. The van der Waals surface area contributed by atoms with E-state index in [2.05, 4.69) is 29.5 Å². The minimum Gasteiger partial charge on any atom is -0.457 e. The molecule has 234 valence electrons. The fourth-order valence-corrected chi connectivity index (χ4v) is 7.47. The Morgan fingerprint density at radius 1 is 1.07 bits per heavy atom. The van der Waals surface area contributed by atoms with E-state index in [0.29, 0.717) is 39.1 Å². The monoisotopic (exact) mass is 625 g/mol. The molecule has 0 bridgehead atoms. The molecule has 9 nitrogen and oxygen atoms in total. The zero-order chi connectivity index (χ0) is 31.5. The van der Waals surface area contributed by atoms with Gasteiger partial charge in [-0.3, -0.25) is 14.5 Å². The minimum atomic E-state index is -0.352. The molecule has 45 heavy (non-hydrogen) atoms. The van der Waals surface area contributed by atoms with E-state index in [1.807, 2.05) is 60.4 Å². The van der Waals surface area contributed by atoms with Crippen molar-refractivity contribution in [2.24, 2.45) is 5.92 Å². The van der Waals surface area contributed by atoms with Gasteiger partial charge in [0.05, 0.1) is 22.4 Å². The summed E-state index contributed by atoms with van der Waals surface area (Å²) in [7, 11) is 0. The van der Waals surface area contributed by atoms with Crippen molar-refractivity contribution < 1.29 is 19.1 Å². The van der Waals surface area contributed by atoms with Crippen molar-refractivity contribution in [3.63, 3.8) is 0 Å². The van der Waals surface area contributed by atoms with Gasteiger partial charge < -0.3 is 20.3 Å². The second-order valence-electron chi connectivity index (χ2n) is 11.8. The Bertz CT molecular complexity index is 1720. The predicted octanol–water partition coefficient (Wildman–Crippen LogP) is 8.02. The molecule has 0 radical (unpaired) electrons. The van der Waals surface area contributed by atoms with Crippen LogP contribution < -0.4 is 20.3 Å². The molecule has 2 aliphatic rings. The molecular weight excluding hydrogens is 586 g/mol. The maximum absolute atomic E-state index is 13.7. The number of anilines is 3. The first-order valence-electron chi connectivity index (χ1n) is 15.8. The van der Waals surface area contributed by atoms with Crippen LogP contribution in [0.4, 0.5) is 21.9 Å². The molecule has 2 aromatic heterocycles. The lowest BCUT2D eigenvalue weighted by molar-refractivity contribution is -0.137. The van der Waals surface area contributed by atoms with Gasteiger partial charge in [-0.1, -0.05) is 44.9 Å². The van der Waals surface area contributed by atoms with Gasteiger partial charge in [0.15, 0.2) is 0 Å². The van der Waals surface area contributed by atoms with Crippen LogP contribution in [0.3, 0.4) is 0 Å². The third kappa shape index (κ3) is 6.24. The summed E-state index contributed by atoms with van der Waals surface area (Å²) in [5, 5.41) is 6.89. The number of hydrogen-bond acceptors (Lipinski definition) is 6. The van der Waals surface area contributed by atoms with Crippen molar-refractivity contribution >= 4 is 56.5 Å². The molecule has 1 unspecified atom stereocenters. The number of hydrogen-bond donors (Lipinski definition) is 2. The molecule has 0 aliphatic carbocycles. The summed E-state index contributed by atoms with van der Waals surface area (Å²) in [5.74, 6) is 1.38. The van der Waals surface area contributed by atoms with E-state index in [-0.39, 0.29) is 29.8 Å². The first kappa shape index (κ1) is 30.6. The topological polar surface area (TPSA) is 104 Å². The maximum atomic E-state index is 13.7. The highest BCUT2D eigenvalue weighted by atomic mass is 32.1. The third-order valence-electron chi connectivity index (χ3n) is 8.53. The number of benzene rings is 2. The average Bonchev–Trinajstić information content (AvgIpc) is 3.41. The van der Waals surface area contributed by atoms with Crippen molar-refractivity contribution in [2.75, 3.05) is 23.3 Å². The molecule has 1 atom stereocenters. The highest BCUT2D eigenvalue weighted by Crippen LogP contribution is 2.46. The molecule has 2 N–H and O–H groups in total. The second kappa shape index (κ2) is 13.3. The van der Waals surface area contributed by atoms with Crippen LogP contribution in [0.15, 0.2) is 60.8 Å². The minimum absolute atomic E-state index is 0.0420. The van der Waals surface area contributed by atoms with Crippen molar-refractivity contribution in [3.8, 4) is 11.5 Å². The number of ether oxygens (including phenoxy) is 1.